The number of carbonyl (C=O) groups is 1. The van der Waals surface area contributed by atoms with Gasteiger partial charge in [0.05, 0.1) is 19.0 Å². The maximum atomic E-state index is 12.6. The average molecular weight is 356 g/mol. The van der Waals surface area contributed by atoms with Crippen LogP contribution in [0, 0.1) is 5.95 Å². The highest BCUT2D eigenvalue weighted by molar-refractivity contribution is 9.10. The molecular formula is C14H15BrFN3O2. The zero-order valence-electron chi connectivity index (χ0n) is 11.9. The van der Waals surface area contributed by atoms with Crippen molar-refractivity contribution in [2.75, 3.05) is 12.4 Å². The Morgan fingerprint density at radius 2 is 2.00 bits per heavy atom. The molecule has 0 saturated heterocycles. The van der Waals surface area contributed by atoms with Crippen LogP contribution in [-0.4, -0.2) is 23.0 Å². The molecule has 0 spiro atoms. The summed E-state index contributed by atoms with van der Waals surface area (Å²) >= 11 is 3.24. The monoisotopic (exact) mass is 355 g/mol. The lowest BCUT2D eigenvalue weighted by Gasteiger charge is -2.08. The summed E-state index contributed by atoms with van der Waals surface area (Å²) in [6, 6.07) is 4.19. The fourth-order valence-electron chi connectivity index (χ4n) is 1.39. The minimum Gasteiger partial charge on any atom is -0.494 e. The van der Waals surface area contributed by atoms with Gasteiger partial charge in [-0.25, -0.2) is 9.97 Å². The fraction of sp³-hybridized carbons (Fsp3) is 0.214. The lowest BCUT2D eigenvalue weighted by atomic mass is 10.3. The van der Waals surface area contributed by atoms with Crippen LogP contribution in [-0.2, 0) is 0 Å². The number of rotatable bonds is 3. The summed E-state index contributed by atoms with van der Waals surface area (Å²) in [4.78, 5) is 19.4. The van der Waals surface area contributed by atoms with Crippen molar-refractivity contribution < 1.29 is 13.9 Å². The quantitative estimate of drug-likeness (QED) is 0.853. The number of nitrogens with zero attached hydrogens (tertiary/aromatic N) is 2. The first kappa shape index (κ1) is 17.0. The van der Waals surface area contributed by atoms with E-state index in [0.717, 1.165) is 6.07 Å². The highest BCUT2D eigenvalue weighted by atomic mass is 79.9. The van der Waals surface area contributed by atoms with Crippen molar-refractivity contribution in [3.05, 3.63) is 46.7 Å². The topological polar surface area (TPSA) is 64.1 Å². The lowest BCUT2D eigenvalue weighted by molar-refractivity contribution is 0.101. The molecule has 1 amide bonds. The van der Waals surface area contributed by atoms with Crippen LogP contribution in [0.25, 0.3) is 0 Å². The van der Waals surface area contributed by atoms with Crippen LogP contribution in [0.2, 0.25) is 0 Å². The third-order valence-electron chi connectivity index (χ3n) is 2.24. The van der Waals surface area contributed by atoms with Crippen molar-refractivity contribution in [1.29, 1.82) is 0 Å². The third-order valence-corrected chi connectivity index (χ3v) is 2.67. The molecule has 0 radical (unpaired) electrons. The number of anilines is 1. The van der Waals surface area contributed by atoms with E-state index in [9.17, 15) is 9.18 Å². The van der Waals surface area contributed by atoms with E-state index in [0.29, 0.717) is 15.9 Å². The van der Waals surface area contributed by atoms with Gasteiger partial charge < -0.3 is 10.1 Å². The SMILES string of the molecule is CC.COc1cc(Br)cnc1C(=O)Nc1ccc(F)nc1. The van der Waals surface area contributed by atoms with Gasteiger partial charge >= 0.3 is 0 Å². The van der Waals surface area contributed by atoms with Gasteiger partial charge in [0.15, 0.2) is 11.4 Å². The molecule has 0 atom stereocenters. The molecule has 0 aromatic carbocycles. The van der Waals surface area contributed by atoms with Gasteiger partial charge in [-0.3, -0.25) is 4.79 Å². The van der Waals surface area contributed by atoms with E-state index in [1.54, 1.807) is 6.07 Å². The molecule has 21 heavy (non-hydrogen) atoms. The standard InChI is InChI=1S/C12H9BrFN3O2.C2H6/c1-19-9-4-7(13)5-16-11(9)12(18)17-8-2-3-10(14)15-6-8;1-2/h2-6H,1H3,(H,17,18);1-2H3. The number of hydrogen-bond donors (Lipinski definition) is 1. The van der Waals surface area contributed by atoms with Crippen LogP contribution in [0.15, 0.2) is 35.1 Å². The van der Waals surface area contributed by atoms with Gasteiger partial charge in [-0.2, -0.15) is 4.39 Å². The van der Waals surface area contributed by atoms with Crippen molar-refractivity contribution in [2.24, 2.45) is 0 Å². The Labute approximate surface area is 130 Å². The van der Waals surface area contributed by atoms with E-state index in [4.69, 9.17) is 4.74 Å². The van der Waals surface area contributed by atoms with E-state index in [2.05, 4.69) is 31.2 Å². The number of carbonyl (C=O) groups excluding carboxylic acids is 1. The molecule has 112 valence electrons. The molecule has 0 unspecified atom stereocenters. The summed E-state index contributed by atoms with van der Waals surface area (Å²) in [7, 11) is 1.44. The molecule has 0 fully saturated rings. The van der Waals surface area contributed by atoms with Gasteiger partial charge in [0.2, 0.25) is 5.95 Å². The molecular weight excluding hydrogens is 341 g/mol. The van der Waals surface area contributed by atoms with Crippen LogP contribution >= 0.6 is 15.9 Å². The number of amides is 1. The third kappa shape index (κ3) is 4.78. The lowest BCUT2D eigenvalue weighted by Crippen LogP contribution is -2.15. The predicted molar refractivity (Wildman–Crippen MR) is 82.0 cm³/mol. The van der Waals surface area contributed by atoms with Crippen LogP contribution in [0.5, 0.6) is 5.75 Å². The Morgan fingerprint density at radius 1 is 1.29 bits per heavy atom. The summed E-state index contributed by atoms with van der Waals surface area (Å²) < 4.78 is 18.4. The number of pyridine rings is 2. The Kier molecular flexibility index (Phi) is 6.74. The largest absolute Gasteiger partial charge is 0.494 e. The molecule has 5 nitrogen and oxygen atoms in total. The van der Waals surface area contributed by atoms with E-state index in [1.807, 2.05) is 13.8 Å². The van der Waals surface area contributed by atoms with Gasteiger partial charge in [0.1, 0.15) is 0 Å². The normalized spacial score (nSPS) is 9.38. The average Bonchev–Trinajstić information content (AvgIpc) is 2.51. The second-order valence-corrected chi connectivity index (χ2v) is 4.44. The minimum atomic E-state index is -0.614. The highest BCUT2D eigenvalue weighted by Gasteiger charge is 2.14. The second-order valence-electron chi connectivity index (χ2n) is 3.53. The smallest absolute Gasteiger partial charge is 0.278 e. The molecule has 1 N–H and O–H groups in total. The highest BCUT2D eigenvalue weighted by Crippen LogP contribution is 2.21. The second kappa shape index (κ2) is 8.31. The van der Waals surface area contributed by atoms with E-state index in [1.165, 1.54) is 25.6 Å². The summed E-state index contributed by atoms with van der Waals surface area (Å²) in [5.74, 6) is -0.739. The van der Waals surface area contributed by atoms with Crippen molar-refractivity contribution in [1.82, 2.24) is 9.97 Å². The molecule has 2 aromatic heterocycles. The summed E-state index contributed by atoms with van der Waals surface area (Å²) in [5.41, 5.74) is 0.508. The zero-order chi connectivity index (χ0) is 15.8. The fourth-order valence-corrected chi connectivity index (χ4v) is 1.70. The number of aromatic nitrogens is 2. The number of methoxy groups -OCH3 is 1. The minimum absolute atomic E-state index is 0.134. The van der Waals surface area contributed by atoms with E-state index >= 15 is 0 Å². The molecule has 0 aliphatic rings. The zero-order valence-corrected chi connectivity index (χ0v) is 13.4. The molecule has 2 aromatic rings. The molecule has 7 heteroatoms. The molecule has 0 aliphatic carbocycles. The first-order valence-corrected chi connectivity index (χ1v) is 7.02. The van der Waals surface area contributed by atoms with Crippen LogP contribution in [0.3, 0.4) is 0 Å². The maximum Gasteiger partial charge on any atom is 0.278 e. The van der Waals surface area contributed by atoms with Crippen LogP contribution < -0.4 is 10.1 Å². The van der Waals surface area contributed by atoms with Gasteiger partial charge in [-0.1, -0.05) is 13.8 Å². The van der Waals surface area contributed by atoms with Gasteiger partial charge in [-0.15, -0.1) is 0 Å². The first-order chi connectivity index (χ1) is 10.1. The van der Waals surface area contributed by atoms with E-state index < -0.39 is 11.9 Å². The Bertz CT molecular complexity index is 606. The molecule has 0 bridgehead atoms. The number of halogens is 2. The molecule has 2 rings (SSSR count). The van der Waals surface area contributed by atoms with Gasteiger partial charge in [-0.05, 0) is 34.1 Å². The predicted octanol–water partition coefficient (Wildman–Crippen LogP) is 3.67. The molecule has 2 heterocycles. The molecule has 0 aliphatic heterocycles. The van der Waals surface area contributed by atoms with Crippen molar-refractivity contribution in [3.8, 4) is 5.75 Å². The van der Waals surface area contributed by atoms with Crippen molar-refractivity contribution >= 4 is 27.5 Å². The van der Waals surface area contributed by atoms with Crippen LogP contribution in [0.4, 0.5) is 10.1 Å². The van der Waals surface area contributed by atoms with Gasteiger partial charge in [0, 0.05) is 10.7 Å². The summed E-state index contributed by atoms with van der Waals surface area (Å²) in [6.07, 6.45) is 2.71. The number of hydrogen-bond acceptors (Lipinski definition) is 4. The Balaban J connectivity index is 0.00000106. The summed E-state index contributed by atoms with van der Waals surface area (Å²) in [5, 5.41) is 2.55. The van der Waals surface area contributed by atoms with Crippen molar-refractivity contribution in [2.45, 2.75) is 13.8 Å². The van der Waals surface area contributed by atoms with Gasteiger partial charge in [0.25, 0.3) is 5.91 Å². The van der Waals surface area contributed by atoms with Crippen molar-refractivity contribution in [3.63, 3.8) is 0 Å². The number of ether oxygens (including phenoxy) is 1. The van der Waals surface area contributed by atoms with E-state index in [-0.39, 0.29) is 5.69 Å². The number of nitrogens with one attached hydrogen (secondary N) is 1. The van der Waals surface area contributed by atoms with Crippen LogP contribution in [0.1, 0.15) is 24.3 Å². The summed E-state index contributed by atoms with van der Waals surface area (Å²) in [6.45, 7) is 4.00. The molecule has 0 saturated carbocycles. The first-order valence-electron chi connectivity index (χ1n) is 6.22. The Morgan fingerprint density at radius 3 is 2.57 bits per heavy atom. The maximum absolute atomic E-state index is 12.6. The Hall–Kier alpha value is -2.02.